The Bertz CT molecular complexity index is 546. The van der Waals surface area contributed by atoms with Crippen molar-refractivity contribution >= 4 is 22.9 Å². The number of rotatable bonds is 3. The summed E-state index contributed by atoms with van der Waals surface area (Å²) in [6.45, 7) is 5.01. The number of aromatic nitrogens is 2. The average molecular weight is 227 g/mol. The molecule has 2 rings (SSSR count). The van der Waals surface area contributed by atoms with Crippen LogP contribution >= 0.6 is 0 Å². The monoisotopic (exact) mass is 227 g/mol. The largest absolute Gasteiger partial charge is 0.358 e. The summed E-state index contributed by atoms with van der Waals surface area (Å²) in [5.41, 5.74) is 2.81. The first-order valence-corrected chi connectivity index (χ1v) is 5.87. The fourth-order valence-electron chi connectivity index (χ4n) is 1.70. The molecule has 3 nitrogen and oxygen atoms in total. The summed E-state index contributed by atoms with van der Waals surface area (Å²) in [5.74, 6) is 0.935. The van der Waals surface area contributed by atoms with E-state index in [1.165, 1.54) is 0 Å². The van der Waals surface area contributed by atoms with E-state index in [4.69, 9.17) is 0 Å². The van der Waals surface area contributed by atoms with Crippen molar-refractivity contribution < 1.29 is 0 Å². The van der Waals surface area contributed by atoms with Crippen LogP contribution in [0.4, 0.5) is 5.82 Å². The molecule has 0 bridgehead atoms. The maximum Gasteiger partial charge on any atom is 0.155 e. The molecule has 3 heteroatoms. The molecule has 0 aliphatic carbocycles. The third kappa shape index (κ3) is 2.28. The van der Waals surface area contributed by atoms with Gasteiger partial charge in [-0.25, -0.2) is 9.97 Å². The van der Waals surface area contributed by atoms with Crippen LogP contribution in [0.15, 0.2) is 30.3 Å². The molecule has 88 valence electrons. The van der Waals surface area contributed by atoms with Gasteiger partial charge >= 0.3 is 0 Å². The molecule has 0 amide bonds. The Balaban J connectivity index is 2.65. The maximum absolute atomic E-state index is 4.68. The first kappa shape index (κ1) is 11.6. The summed E-state index contributed by atoms with van der Waals surface area (Å²) in [7, 11) is 2.03. The fraction of sp³-hybridized carbons (Fsp3) is 0.286. The smallest absolute Gasteiger partial charge is 0.155 e. The van der Waals surface area contributed by atoms with E-state index in [0.29, 0.717) is 0 Å². The van der Waals surface area contributed by atoms with Gasteiger partial charge in [0.15, 0.2) is 5.82 Å². The minimum Gasteiger partial charge on any atom is -0.358 e. The number of benzene rings is 1. The maximum atomic E-state index is 4.68. The highest BCUT2D eigenvalue weighted by Gasteiger charge is 2.09. The first-order valence-electron chi connectivity index (χ1n) is 5.87. The van der Waals surface area contributed by atoms with E-state index in [9.17, 15) is 0 Å². The summed E-state index contributed by atoms with van der Waals surface area (Å²) >= 11 is 0. The van der Waals surface area contributed by atoms with Gasteiger partial charge in [-0.2, -0.15) is 0 Å². The van der Waals surface area contributed by atoms with Crippen molar-refractivity contribution in [2.75, 3.05) is 18.5 Å². The van der Waals surface area contributed by atoms with Crippen molar-refractivity contribution in [2.45, 2.75) is 13.8 Å². The van der Waals surface area contributed by atoms with Gasteiger partial charge < -0.3 is 4.90 Å². The standard InChI is InChI=1S/C14H17N3/c1-4-8-13-14(17(3)5-2)16-12-10-7-6-9-11(12)15-13/h4,6-10H,5H2,1-3H3/b8-4+. The van der Waals surface area contributed by atoms with Crippen molar-refractivity contribution in [1.29, 1.82) is 0 Å². The molecule has 1 aromatic heterocycles. The van der Waals surface area contributed by atoms with Gasteiger partial charge in [-0.3, -0.25) is 0 Å². The van der Waals surface area contributed by atoms with E-state index in [2.05, 4.69) is 21.8 Å². The number of para-hydroxylation sites is 2. The van der Waals surface area contributed by atoms with Gasteiger partial charge in [0, 0.05) is 13.6 Å². The van der Waals surface area contributed by atoms with Crippen LogP contribution in [0.5, 0.6) is 0 Å². The highest BCUT2D eigenvalue weighted by atomic mass is 15.2. The van der Waals surface area contributed by atoms with Gasteiger partial charge in [0.05, 0.1) is 11.0 Å². The molecule has 0 saturated carbocycles. The number of hydrogen-bond acceptors (Lipinski definition) is 3. The van der Waals surface area contributed by atoms with Crippen LogP contribution in [0.25, 0.3) is 17.1 Å². The summed E-state index contributed by atoms with van der Waals surface area (Å²) < 4.78 is 0. The molecule has 0 radical (unpaired) electrons. The molecule has 1 heterocycles. The number of hydrogen-bond donors (Lipinski definition) is 0. The third-order valence-electron chi connectivity index (χ3n) is 2.74. The first-order chi connectivity index (χ1) is 8.26. The SMILES string of the molecule is C/C=C/c1nc2ccccc2nc1N(C)CC. The zero-order valence-electron chi connectivity index (χ0n) is 10.5. The molecular weight excluding hydrogens is 210 g/mol. The van der Waals surface area contributed by atoms with Crippen LogP contribution < -0.4 is 4.90 Å². The molecule has 0 fully saturated rings. The molecule has 17 heavy (non-hydrogen) atoms. The second kappa shape index (κ2) is 4.95. The lowest BCUT2D eigenvalue weighted by molar-refractivity contribution is 0.934. The zero-order chi connectivity index (χ0) is 12.3. The molecule has 0 saturated heterocycles. The Morgan fingerprint density at radius 3 is 2.41 bits per heavy atom. The Kier molecular flexibility index (Phi) is 3.38. The molecule has 0 aliphatic heterocycles. The predicted octanol–water partition coefficient (Wildman–Crippen LogP) is 3.12. The predicted molar refractivity (Wildman–Crippen MR) is 73.2 cm³/mol. The van der Waals surface area contributed by atoms with Crippen molar-refractivity contribution in [3.63, 3.8) is 0 Å². The normalized spacial score (nSPS) is 11.2. The molecule has 0 atom stereocenters. The van der Waals surface area contributed by atoms with Gasteiger partial charge in [0.2, 0.25) is 0 Å². The summed E-state index contributed by atoms with van der Waals surface area (Å²) in [5, 5.41) is 0. The fourth-order valence-corrected chi connectivity index (χ4v) is 1.70. The minimum absolute atomic E-state index is 0.914. The summed E-state index contributed by atoms with van der Waals surface area (Å²) in [6.07, 6.45) is 3.99. The summed E-state index contributed by atoms with van der Waals surface area (Å²) in [6, 6.07) is 7.96. The van der Waals surface area contributed by atoms with Gasteiger partial charge in [-0.15, -0.1) is 0 Å². The molecule has 2 aromatic rings. The van der Waals surface area contributed by atoms with Crippen LogP contribution in [0.3, 0.4) is 0 Å². The highest BCUT2D eigenvalue weighted by molar-refractivity contribution is 5.79. The lowest BCUT2D eigenvalue weighted by Gasteiger charge is -2.18. The summed E-state index contributed by atoms with van der Waals surface area (Å²) in [4.78, 5) is 11.4. The lowest BCUT2D eigenvalue weighted by Crippen LogP contribution is -2.19. The number of anilines is 1. The van der Waals surface area contributed by atoms with Crippen LogP contribution in [0.2, 0.25) is 0 Å². The van der Waals surface area contributed by atoms with Gasteiger partial charge in [0.1, 0.15) is 5.69 Å². The van der Waals surface area contributed by atoms with Crippen molar-refractivity contribution in [1.82, 2.24) is 9.97 Å². The molecular formula is C14H17N3. The Labute approximate surface area is 102 Å². The Hall–Kier alpha value is -1.90. The van der Waals surface area contributed by atoms with Crippen molar-refractivity contribution in [3.05, 3.63) is 36.0 Å². The van der Waals surface area contributed by atoms with Gasteiger partial charge in [-0.05, 0) is 32.1 Å². The van der Waals surface area contributed by atoms with E-state index < -0.39 is 0 Å². The van der Waals surface area contributed by atoms with Crippen molar-refractivity contribution in [2.24, 2.45) is 0 Å². The second-order valence-electron chi connectivity index (χ2n) is 3.94. The number of fused-ring (bicyclic) bond motifs is 1. The molecule has 0 N–H and O–H groups in total. The number of allylic oxidation sites excluding steroid dienone is 1. The topological polar surface area (TPSA) is 29.0 Å². The highest BCUT2D eigenvalue weighted by Crippen LogP contribution is 2.20. The molecule has 1 aromatic carbocycles. The Morgan fingerprint density at radius 1 is 1.18 bits per heavy atom. The van der Waals surface area contributed by atoms with Crippen molar-refractivity contribution in [3.8, 4) is 0 Å². The van der Waals surface area contributed by atoms with Crippen LogP contribution in [-0.4, -0.2) is 23.6 Å². The minimum atomic E-state index is 0.914. The quantitative estimate of drug-likeness (QED) is 0.806. The van der Waals surface area contributed by atoms with Crippen LogP contribution in [-0.2, 0) is 0 Å². The van der Waals surface area contributed by atoms with E-state index >= 15 is 0 Å². The van der Waals surface area contributed by atoms with E-state index in [0.717, 1.165) is 29.1 Å². The van der Waals surface area contributed by atoms with E-state index in [1.54, 1.807) is 0 Å². The van der Waals surface area contributed by atoms with E-state index in [1.807, 2.05) is 50.4 Å². The lowest BCUT2D eigenvalue weighted by atomic mass is 10.2. The molecule has 0 aliphatic rings. The van der Waals surface area contributed by atoms with Crippen LogP contribution in [0, 0.1) is 0 Å². The number of nitrogens with zero attached hydrogens (tertiary/aromatic N) is 3. The second-order valence-corrected chi connectivity index (χ2v) is 3.94. The van der Waals surface area contributed by atoms with Crippen LogP contribution in [0.1, 0.15) is 19.5 Å². The Morgan fingerprint density at radius 2 is 1.82 bits per heavy atom. The third-order valence-corrected chi connectivity index (χ3v) is 2.74. The van der Waals surface area contributed by atoms with Gasteiger partial charge in [-0.1, -0.05) is 18.2 Å². The zero-order valence-corrected chi connectivity index (χ0v) is 10.5. The molecule has 0 spiro atoms. The van der Waals surface area contributed by atoms with Gasteiger partial charge in [0.25, 0.3) is 0 Å². The molecule has 0 unspecified atom stereocenters. The van der Waals surface area contributed by atoms with E-state index in [-0.39, 0.29) is 0 Å². The average Bonchev–Trinajstić information content (AvgIpc) is 2.37.